The Morgan fingerprint density at radius 3 is 2.15 bits per heavy atom. The highest BCUT2D eigenvalue weighted by Crippen LogP contribution is 2.36. The predicted octanol–water partition coefficient (Wildman–Crippen LogP) is 4.84. The molecule has 0 saturated heterocycles. The summed E-state index contributed by atoms with van der Waals surface area (Å²) in [7, 11) is -1.61. The standard InChI is InChI=1S/C17H28O2Si/c1-14(18)16-11-9-15(10-12-16)8-7-13-19-20(5,6)17(2,3)4/h9-12H,7-8,13H2,1-6H3. The van der Waals surface area contributed by atoms with Gasteiger partial charge in [0, 0.05) is 12.2 Å². The first-order valence-electron chi connectivity index (χ1n) is 7.37. The number of rotatable bonds is 6. The molecule has 3 heteroatoms. The number of carbonyl (C=O) groups excluding carboxylic acids is 1. The van der Waals surface area contributed by atoms with Gasteiger partial charge in [0.2, 0.25) is 0 Å². The van der Waals surface area contributed by atoms with Crippen LogP contribution in [0.2, 0.25) is 18.1 Å². The molecular formula is C17H28O2Si. The minimum atomic E-state index is -1.61. The molecule has 0 aromatic heterocycles. The largest absolute Gasteiger partial charge is 0.417 e. The summed E-state index contributed by atoms with van der Waals surface area (Å²) in [5.74, 6) is 0.123. The molecule has 0 aliphatic heterocycles. The zero-order valence-electron chi connectivity index (χ0n) is 13.7. The lowest BCUT2D eigenvalue weighted by Gasteiger charge is -2.36. The Bertz CT molecular complexity index is 441. The van der Waals surface area contributed by atoms with E-state index in [0.717, 1.165) is 25.0 Å². The normalized spacial score (nSPS) is 12.5. The molecule has 2 nitrogen and oxygen atoms in total. The summed E-state index contributed by atoms with van der Waals surface area (Å²) in [4.78, 5) is 11.2. The number of benzene rings is 1. The minimum absolute atomic E-state index is 0.123. The first-order chi connectivity index (χ1) is 9.13. The SMILES string of the molecule is CC(=O)c1ccc(CCCO[Si](C)(C)C(C)(C)C)cc1. The van der Waals surface area contributed by atoms with E-state index in [9.17, 15) is 4.79 Å². The second kappa shape index (κ2) is 6.68. The molecular weight excluding hydrogens is 264 g/mol. The van der Waals surface area contributed by atoms with E-state index >= 15 is 0 Å². The molecule has 0 radical (unpaired) electrons. The third-order valence-electron chi connectivity index (χ3n) is 4.24. The van der Waals surface area contributed by atoms with E-state index < -0.39 is 8.32 Å². The molecule has 1 aromatic rings. The molecule has 112 valence electrons. The fraction of sp³-hybridized carbons (Fsp3) is 0.588. The highest BCUT2D eigenvalue weighted by atomic mass is 28.4. The van der Waals surface area contributed by atoms with Crippen LogP contribution in [0.25, 0.3) is 0 Å². The number of hydrogen-bond acceptors (Lipinski definition) is 2. The van der Waals surface area contributed by atoms with Gasteiger partial charge in [-0.1, -0.05) is 45.0 Å². The first-order valence-corrected chi connectivity index (χ1v) is 10.3. The maximum absolute atomic E-state index is 11.2. The maximum Gasteiger partial charge on any atom is 0.191 e. The van der Waals surface area contributed by atoms with E-state index in [1.165, 1.54) is 5.56 Å². The van der Waals surface area contributed by atoms with Crippen molar-refractivity contribution in [1.29, 1.82) is 0 Å². The number of Topliss-reactive ketones (excluding diaryl/α,β-unsaturated/α-hetero) is 1. The summed E-state index contributed by atoms with van der Waals surface area (Å²) >= 11 is 0. The van der Waals surface area contributed by atoms with E-state index in [-0.39, 0.29) is 10.8 Å². The van der Waals surface area contributed by atoms with Crippen molar-refractivity contribution in [1.82, 2.24) is 0 Å². The Kier molecular flexibility index (Phi) is 5.72. The van der Waals surface area contributed by atoms with Gasteiger partial charge < -0.3 is 4.43 Å². The van der Waals surface area contributed by atoms with Gasteiger partial charge in [0.15, 0.2) is 14.1 Å². The second-order valence-corrected chi connectivity index (χ2v) is 11.8. The smallest absolute Gasteiger partial charge is 0.191 e. The molecule has 0 aliphatic rings. The van der Waals surface area contributed by atoms with Crippen LogP contribution in [0.15, 0.2) is 24.3 Å². The molecule has 0 saturated carbocycles. The molecule has 0 atom stereocenters. The summed E-state index contributed by atoms with van der Waals surface area (Å²) in [6.07, 6.45) is 2.04. The number of aryl methyl sites for hydroxylation is 1. The van der Waals surface area contributed by atoms with Crippen LogP contribution in [0.5, 0.6) is 0 Å². The zero-order valence-corrected chi connectivity index (χ0v) is 14.7. The van der Waals surface area contributed by atoms with Crippen molar-refractivity contribution in [2.45, 2.75) is 58.7 Å². The Balaban J connectivity index is 2.40. The van der Waals surface area contributed by atoms with Crippen molar-refractivity contribution in [2.24, 2.45) is 0 Å². The number of carbonyl (C=O) groups is 1. The maximum atomic E-state index is 11.2. The quantitative estimate of drug-likeness (QED) is 0.426. The van der Waals surface area contributed by atoms with E-state index in [0.29, 0.717) is 0 Å². The molecule has 0 fully saturated rings. The second-order valence-electron chi connectivity index (χ2n) is 6.97. The lowest BCUT2D eigenvalue weighted by Crippen LogP contribution is -2.41. The Labute approximate surface area is 124 Å². The third-order valence-corrected chi connectivity index (χ3v) is 8.78. The van der Waals surface area contributed by atoms with Gasteiger partial charge in [-0.05, 0) is 43.5 Å². The average molecular weight is 292 g/mol. The van der Waals surface area contributed by atoms with Crippen LogP contribution >= 0.6 is 0 Å². The fourth-order valence-electron chi connectivity index (χ4n) is 1.73. The van der Waals surface area contributed by atoms with Crippen LogP contribution in [0, 0.1) is 0 Å². The van der Waals surface area contributed by atoms with E-state index in [1.54, 1.807) is 6.92 Å². The van der Waals surface area contributed by atoms with Crippen molar-refractivity contribution in [3.8, 4) is 0 Å². The lowest BCUT2D eigenvalue weighted by molar-refractivity contribution is 0.101. The molecule has 0 heterocycles. The zero-order chi connectivity index (χ0) is 15.4. The van der Waals surface area contributed by atoms with Crippen LogP contribution < -0.4 is 0 Å². The minimum Gasteiger partial charge on any atom is -0.417 e. The first kappa shape index (κ1) is 17.1. The van der Waals surface area contributed by atoms with E-state index in [1.807, 2.05) is 24.3 Å². The van der Waals surface area contributed by atoms with E-state index in [4.69, 9.17) is 4.43 Å². The molecule has 1 aromatic carbocycles. The molecule has 0 amide bonds. The van der Waals surface area contributed by atoms with Crippen molar-refractivity contribution in [3.63, 3.8) is 0 Å². The van der Waals surface area contributed by atoms with Gasteiger partial charge >= 0.3 is 0 Å². The number of hydrogen-bond donors (Lipinski definition) is 0. The number of ketones is 1. The fourth-order valence-corrected chi connectivity index (χ4v) is 2.81. The van der Waals surface area contributed by atoms with Crippen LogP contribution in [0.3, 0.4) is 0 Å². The van der Waals surface area contributed by atoms with Crippen molar-refractivity contribution < 1.29 is 9.22 Å². The van der Waals surface area contributed by atoms with E-state index in [2.05, 4.69) is 33.9 Å². The Hall–Kier alpha value is -0.933. The van der Waals surface area contributed by atoms with Gasteiger partial charge in [-0.25, -0.2) is 0 Å². The Morgan fingerprint density at radius 2 is 1.70 bits per heavy atom. The van der Waals surface area contributed by atoms with Crippen LogP contribution in [-0.4, -0.2) is 20.7 Å². The van der Waals surface area contributed by atoms with Gasteiger partial charge in [-0.15, -0.1) is 0 Å². The van der Waals surface area contributed by atoms with Crippen LogP contribution in [-0.2, 0) is 10.8 Å². The molecule has 20 heavy (non-hydrogen) atoms. The predicted molar refractivity (Wildman–Crippen MR) is 87.9 cm³/mol. The summed E-state index contributed by atoms with van der Waals surface area (Å²) in [6.45, 7) is 13.8. The van der Waals surface area contributed by atoms with Gasteiger partial charge in [-0.2, -0.15) is 0 Å². The molecule has 0 unspecified atom stereocenters. The highest BCUT2D eigenvalue weighted by molar-refractivity contribution is 6.74. The van der Waals surface area contributed by atoms with Crippen LogP contribution in [0.1, 0.15) is 50.0 Å². The summed E-state index contributed by atoms with van der Waals surface area (Å²) in [6, 6.07) is 7.91. The van der Waals surface area contributed by atoms with Crippen molar-refractivity contribution in [3.05, 3.63) is 35.4 Å². The van der Waals surface area contributed by atoms with Gasteiger partial charge in [0.05, 0.1) is 0 Å². The van der Waals surface area contributed by atoms with Crippen molar-refractivity contribution in [2.75, 3.05) is 6.61 Å². The van der Waals surface area contributed by atoms with Gasteiger partial charge in [0.25, 0.3) is 0 Å². The molecule has 1 rings (SSSR count). The third kappa shape index (κ3) is 4.87. The van der Waals surface area contributed by atoms with Crippen molar-refractivity contribution >= 4 is 14.1 Å². The van der Waals surface area contributed by atoms with Gasteiger partial charge in [-0.3, -0.25) is 4.79 Å². The Morgan fingerprint density at radius 1 is 1.15 bits per heavy atom. The summed E-state index contributed by atoms with van der Waals surface area (Å²) in [5.41, 5.74) is 2.06. The molecule has 0 N–H and O–H groups in total. The molecule has 0 bridgehead atoms. The summed E-state index contributed by atoms with van der Waals surface area (Å²) < 4.78 is 6.16. The lowest BCUT2D eigenvalue weighted by atomic mass is 10.1. The molecule has 0 aliphatic carbocycles. The average Bonchev–Trinajstić information content (AvgIpc) is 2.34. The van der Waals surface area contributed by atoms with Crippen LogP contribution in [0.4, 0.5) is 0 Å². The van der Waals surface area contributed by atoms with Gasteiger partial charge in [0.1, 0.15) is 0 Å². The highest BCUT2D eigenvalue weighted by Gasteiger charge is 2.36. The molecule has 0 spiro atoms. The topological polar surface area (TPSA) is 26.3 Å². The monoisotopic (exact) mass is 292 g/mol. The summed E-state index contributed by atoms with van der Waals surface area (Å²) in [5, 5.41) is 0.274.